The van der Waals surface area contributed by atoms with E-state index >= 15 is 0 Å². The van der Waals surface area contributed by atoms with Crippen molar-refractivity contribution in [3.8, 4) is 0 Å². The van der Waals surface area contributed by atoms with Crippen molar-refractivity contribution in [2.45, 2.75) is 77.0 Å². The average molecular weight is 415 g/mol. The maximum absolute atomic E-state index is 10.9. The molecule has 2 aromatic carbocycles. The van der Waals surface area contributed by atoms with Crippen LogP contribution in [-0.2, 0) is 15.6 Å². The Labute approximate surface area is 186 Å². The lowest BCUT2D eigenvalue weighted by Crippen LogP contribution is -2.33. The maximum Gasteiger partial charge on any atom is 0.328 e. The van der Waals surface area contributed by atoms with Crippen LogP contribution < -0.4 is 0 Å². The minimum Gasteiger partial charge on any atom is -0.478 e. The number of carboxylic acid groups (broad SMARTS) is 1. The fourth-order valence-electron chi connectivity index (χ4n) is 5.28. The molecule has 2 aromatic rings. The molecule has 31 heavy (non-hydrogen) atoms. The standard InChI is InChI=1S/C29H34O2/c1-19(16-27(30)31)20-6-8-21(9-7-20)22-10-11-23(17-22)24-12-13-25-26(18-24)29(4,5)15-14-28(25,2)3/h6-10,12-13,16,18,23H,11,14-15,17H2,1-5H3,(H,30,31)/b19-16-. The van der Waals surface area contributed by atoms with Gasteiger partial charge in [0.25, 0.3) is 0 Å². The second-order valence-electron chi connectivity index (χ2n) is 10.7. The van der Waals surface area contributed by atoms with Crippen molar-refractivity contribution >= 4 is 17.1 Å². The predicted molar refractivity (Wildman–Crippen MR) is 129 cm³/mol. The topological polar surface area (TPSA) is 37.3 Å². The molecule has 1 unspecified atom stereocenters. The summed E-state index contributed by atoms with van der Waals surface area (Å²) in [6.07, 6.45) is 8.28. The third-order valence-corrected chi connectivity index (χ3v) is 7.51. The molecule has 0 radical (unpaired) electrons. The summed E-state index contributed by atoms with van der Waals surface area (Å²) in [6, 6.07) is 15.6. The Balaban J connectivity index is 1.54. The van der Waals surface area contributed by atoms with Gasteiger partial charge in [-0.2, -0.15) is 0 Å². The second kappa shape index (κ2) is 7.82. The number of hydrogen-bond donors (Lipinski definition) is 1. The Kier molecular flexibility index (Phi) is 5.45. The molecule has 0 amide bonds. The molecule has 0 aromatic heterocycles. The Morgan fingerprint density at radius 2 is 1.61 bits per heavy atom. The summed E-state index contributed by atoms with van der Waals surface area (Å²) in [5, 5.41) is 8.96. The SMILES string of the molecule is C/C(=C/C(=O)O)c1ccc(C2=CCC(c3ccc4c(c3)C(C)(C)CCC4(C)C)C2)cc1. The summed E-state index contributed by atoms with van der Waals surface area (Å²) in [7, 11) is 0. The Bertz CT molecular complexity index is 1060. The third kappa shape index (κ3) is 4.26. The zero-order valence-corrected chi connectivity index (χ0v) is 19.5. The molecule has 2 aliphatic rings. The van der Waals surface area contributed by atoms with Crippen LogP contribution in [0.3, 0.4) is 0 Å². The number of carboxylic acids is 1. The molecule has 2 aliphatic carbocycles. The molecule has 2 heteroatoms. The highest BCUT2D eigenvalue weighted by Gasteiger charge is 2.37. The summed E-state index contributed by atoms with van der Waals surface area (Å²) >= 11 is 0. The van der Waals surface area contributed by atoms with Gasteiger partial charge in [0.2, 0.25) is 0 Å². The number of fused-ring (bicyclic) bond motifs is 1. The molecule has 0 aliphatic heterocycles. The van der Waals surface area contributed by atoms with Crippen LogP contribution in [0.4, 0.5) is 0 Å². The van der Waals surface area contributed by atoms with E-state index in [1.165, 1.54) is 41.2 Å². The first-order chi connectivity index (χ1) is 14.6. The summed E-state index contributed by atoms with van der Waals surface area (Å²) in [5.74, 6) is -0.367. The quantitative estimate of drug-likeness (QED) is 0.526. The van der Waals surface area contributed by atoms with Gasteiger partial charge < -0.3 is 5.11 Å². The van der Waals surface area contributed by atoms with Gasteiger partial charge >= 0.3 is 5.97 Å². The van der Waals surface area contributed by atoms with Gasteiger partial charge in [-0.3, -0.25) is 0 Å². The maximum atomic E-state index is 10.9. The fourth-order valence-corrected chi connectivity index (χ4v) is 5.28. The van der Waals surface area contributed by atoms with Gasteiger partial charge in [0.05, 0.1) is 0 Å². The van der Waals surface area contributed by atoms with E-state index in [0.29, 0.717) is 5.92 Å². The molecule has 0 heterocycles. The van der Waals surface area contributed by atoms with Gasteiger partial charge in [0.15, 0.2) is 0 Å². The van der Waals surface area contributed by atoms with Crippen molar-refractivity contribution in [1.29, 1.82) is 0 Å². The van der Waals surface area contributed by atoms with Gasteiger partial charge in [-0.25, -0.2) is 4.79 Å². The van der Waals surface area contributed by atoms with Gasteiger partial charge in [-0.1, -0.05) is 76.2 Å². The Hall–Kier alpha value is -2.61. The van der Waals surface area contributed by atoms with Crippen LogP contribution in [0.15, 0.2) is 54.6 Å². The number of allylic oxidation sites excluding steroid dienone is 3. The predicted octanol–water partition coefficient (Wildman–Crippen LogP) is 7.48. The van der Waals surface area contributed by atoms with E-state index in [9.17, 15) is 4.79 Å². The van der Waals surface area contributed by atoms with Crippen LogP contribution >= 0.6 is 0 Å². The van der Waals surface area contributed by atoms with E-state index in [0.717, 1.165) is 24.0 Å². The Morgan fingerprint density at radius 1 is 0.968 bits per heavy atom. The van der Waals surface area contributed by atoms with E-state index in [1.807, 2.05) is 19.1 Å². The number of hydrogen-bond acceptors (Lipinski definition) is 1. The smallest absolute Gasteiger partial charge is 0.328 e. The van der Waals surface area contributed by atoms with Crippen molar-refractivity contribution in [2.24, 2.45) is 0 Å². The van der Waals surface area contributed by atoms with Crippen LogP contribution in [0.25, 0.3) is 11.1 Å². The number of carbonyl (C=O) groups is 1. The van der Waals surface area contributed by atoms with E-state index in [1.54, 1.807) is 5.56 Å². The normalized spacial score (nSPS) is 22.0. The minimum atomic E-state index is -0.903. The Morgan fingerprint density at radius 3 is 2.26 bits per heavy atom. The molecule has 1 atom stereocenters. The van der Waals surface area contributed by atoms with Crippen LogP contribution in [0.2, 0.25) is 0 Å². The summed E-state index contributed by atoms with van der Waals surface area (Å²) in [4.78, 5) is 10.9. The molecule has 2 nitrogen and oxygen atoms in total. The summed E-state index contributed by atoms with van der Waals surface area (Å²) in [6.45, 7) is 11.4. The van der Waals surface area contributed by atoms with E-state index in [2.05, 4.69) is 64.1 Å². The van der Waals surface area contributed by atoms with Crippen molar-refractivity contribution in [2.75, 3.05) is 0 Å². The molecule has 0 spiro atoms. The van der Waals surface area contributed by atoms with Crippen molar-refractivity contribution in [3.05, 3.63) is 82.4 Å². The summed E-state index contributed by atoms with van der Waals surface area (Å²) < 4.78 is 0. The molecular weight excluding hydrogens is 380 g/mol. The van der Waals surface area contributed by atoms with E-state index in [4.69, 9.17) is 5.11 Å². The van der Waals surface area contributed by atoms with Crippen LogP contribution in [0.5, 0.6) is 0 Å². The first-order valence-electron chi connectivity index (χ1n) is 11.4. The number of aliphatic carboxylic acids is 1. The molecular formula is C29H34O2. The van der Waals surface area contributed by atoms with Crippen LogP contribution in [-0.4, -0.2) is 11.1 Å². The van der Waals surface area contributed by atoms with E-state index in [-0.39, 0.29) is 10.8 Å². The number of benzene rings is 2. The lowest BCUT2D eigenvalue weighted by Gasteiger charge is -2.42. The molecule has 0 fully saturated rings. The van der Waals surface area contributed by atoms with Crippen molar-refractivity contribution < 1.29 is 9.90 Å². The second-order valence-corrected chi connectivity index (χ2v) is 10.7. The number of rotatable bonds is 4. The van der Waals surface area contributed by atoms with Crippen LogP contribution in [0.1, 0.15) is 94.0 Å². The lowest BCUT2D eigenvalue weighted by molar-refractivity contribution is -0.131. The molecule has 4 rings (SSSR count). The molecule has 0 bridgehead atoms. The van der Waals surface area contributed by atoms with Gasteiger partial charge in [-0.05, 0) is 88.3 Å². The first kappa shape index (κ1) is 21.6. The molecule has 1 N–H and O–H groups in total. The van der Waals surface area contributed by atoms with Gasteiger partial charge in [0.1, 0.15) is 0 Å². The van der Waals surface area contributed by atoms with Crippen LogP contribution in [0, 0.1) is 0 Å². The fraction of sp³-hybridized carbons (Fsp3) is 0.414. The highest BCUT2D eigenvalue weighted by Crippen LogP contribution is 2.48. The largest absolute Gasteiger partial charge is 0.478 e. The molecule has 0 saturated heterocycles. The average Bonchev–Trinajstić information content (AvgIpc) is 3.21. The highest BCUT2D eigenvalue weighted by molar-refractivity contribution is 5.89. The lowest BCUT2D eigenvalue weighted by atomic mass is 9.62. The summed E-state index contributed by atoms with van der Waals surface area (Å²) in [5.41, 5.74) is 9.41. The minimum absolute atomic E-state index is 0.243. The molecule has 0 saturated carbocycles. The monoisotopic (exact) mass is 414 g/mol. The van der Waals surface area contributed by atoms with Gasteiger partial charge in [-0.15, -0.1) is 0 Å². The first-order valence-corrected chi connectivity index (χ1v) is 11.4. The zero-order chi connectivity index (χ0) is 22.4. The van der Waals surface area contributed by atoms with Crippen molar-refractivity contribution in [1.82, 2.24) is 0 Å². The van der Waals surface area contributed by atoms with Crippen molar-refractivity contribution in [3.63, 3.8) is 0 Å². The van der Waals surface area contributed by atoms with Gasteiger partial charge in [0, 0.05) is 6.08 Å². The highest BCUT2D eigenvalue weighted by atomic mass is 16.4. The third-order valence-electron chi connectivity index (χ3n) is 7.51. The molecule has 162 valence electrons. The van der Waals surface area contributed by atoms with E-state index < -0.39 is 5.97 Å². The zero-order valence-electron chi connectivity index (χ0n) is 19.5.